The standard InChI is InChI=1S/C24H18N2O4S3/c27-32(28,21-12-6-2-7-13-21)25-19-16-17-23(24(18-19)31-20-10-4-1-5-11-20)26-33(29,30)22-14-8-3-9-15-22/h1-18H/b25-19+,26-23+. The van der Waals surface area contributed by atoms with Gasteiger partial charge >= 0.3 is 0 Å². The third kappa shape index (κ3) is 5.75. The lowest BCUT2D eigenvalue weighted by Crippen LogP contribution is -2.11. The van der Waals surface area contributed by atoms with Crippen LogP contribution in [0, 0.1) is 0 Å². The molecule has 0 fully saturated rings. The monoisotopic (exact) mass is 494 g/mol. The Hall–Kier alpha value is -3.27. The van der Waals surface area contributed by atoms with Crippen molar-refractivity contribution in [1.82, 2.24) is 0 Å². The summed E-state index contributed by atoms with van der Waals surface area (Å²) >= 11 is 1.27. The van der Waals surface area contributed by atoms with Gasteiger partial charge in [-0.1, -0.05) is 66.4 Å². The molecule has 0 amide bonds. The normalized spacial score (nSPS) is 16.7. The van der Waals surface area contributed by atoms with Gasteiger partial charge in [-0.25, -0.2) is 0 Å². The Labute approximate surface area is 197 Å². The third-order valence-electron chi connectivity index (χ3n) is 4.44. The van der Waals surface area contributed by atoms with Crippen molar-refractivity contribution in [2.75, 3.05) is 0 Å². The van der Waals surface area contributed by atoms with E-state index in [1.807, 2.05) is 30.3 Å². The number of sulfonamides is 2. The van der Waals surface area contributed by atoms with Gasteiger partial charge < -0.3 is 0 Å². The van der Waals surface area contributed by atoms with Crippen molar-refractivity contribution in [3.8, 4) is 0 Å². The molecular weight excluding hydrogens is 476 g/mol. The molecule has 0 saturated carbocycles. The first-order chi connectivity index (χ1) is 15.8. The van der Waals surface area contributed by atoms with Crippen molar-refractivity contribution in [2.45, 2.75) is 14.7 Å². The first-order valence-corrected chi connectivity index (χ1v) is 13.5. The maximum atomic E-state index is 12.8. The third-order valence-corrected chi connectivity index (χ3v) is 8.12. The minimum absolute atomic E-state index is 0.0704. The highest BCUT2D eigenvalue weighted by Crippen LogP contribution is 2.31. The van der Waals surface area contributed by atoms with Crippen LogP contribution in [-0.2, 0) is 20.0 Å². The number of hydrogen-bond donors (Lipinski definition) is 0. The Kier molecular flexibility index (Phi) is 6.73. The van der Waals surface area contributed by atoms with Crippen molar-refractivity contribution in [3.63, 3.8) is 0 Å². The fraction of sp³-hybridized carbons (Fsp3) is 0. The summed E-state index contributed by atoms with van der Waals surface area (Å²) in [5.41, 5.74) is 0.372. The minimum atomic E-state index is -3.96. The maximum Gasteiger partial charge on any atom is 0.282 e. The van der Waals surface area contributed by atoms with Crippen LogP contribution in [0.2, 0.25) is 0 Å². The Bertz CT molecular complexity index is 1480. The van der Waals surface area contributed by atoms with E-state index in [0.29, 0.717) is 4.91 Å². The van der Waals surface area contributed by atoms with Gasteiger partial charge in [-0.3, -0.25) is 0 Å². The van der Waals surface area contributed by atoms with E-state index in [4.69, 9.17) is 0 Å². The van der Waals surface area contributed by atoms with Gasteiger partial charge in [-0.15, -0.1) is 0 Å². The van der Waals surface area contributed by atoms with Crippen LogP contribution in [0.4, 0.5) is 0 Å². The Morgan fingerprint density at radius 3 is 1.61 bits per heavy atom. The van der Waals surface area contributed by atoms with Gasteiger partial charge in [-0.2, -0.15) is 25.6 Å². The minimum Gasteiger partial charge on any atom is -0.199 e. The zero-order valence-corrected chi connectivity index (χ0v) is 19.6. The summed E-state index contributed by atoms with van der Waals surface area (Å²) in [5.74, 6) is 0. The summed E-state index contributed by atoms with van der Waals surface area (Å²) in [5, 5.41) is 0. The van der Waals surface area contributed by atoms with Crippen LogP contribution in [-0.4, -0.2) is 28.3 Å². The van der Waals surface area contributed by atoms with E-state index in [0.717, 1.165) is 4.90 Å². The van der Waals surface area contributed by atoms with Gasteiger partial charge in [0.1, 0.15) is 0 Å². The fourth-order valence-corrected chi connectivity index (χ4v) is 5.92. The van der Waals surface area contributed by atoms with Crippen LogP contribution in [0.15, 0.2) is 138 Å². The fourth-order valence-electron chi connectivity index (χ4n) is 2.89. The highest BCUT2D eigenvalue weighted by Gasteiger charge is 2.20. The molecule has 1 aliphatic carbocycles. The zero-order valence-electron chi connectivity index (χ0n) is 17.1. The largest absolute Gasteiger partial charge is 0.282 e. The molecule has 0 aliphatic heterocycles. The molecule has 0 aromatic heterocycles. The van der Waals surface area contributed by atoms with Crippen molar-refractivity contribution in [1.29, 1.82) is 0 Å². The summed E-state index contributed by atoms with van der Waals surface area (Å²) in [6, 6.07) is 25.1. The zero-order chi connectivity index (χ0) is 23.3. The van der Waals surface area contributed by atoms with Crippen LogP contribution in [0.1, 0.15) is 0 Å². The molecule has 1 aliphatic rings. The highest BCUT2D eigenvalue weighted by atomic mass is 32.2. The number of allylic oxidation sites excluding steroid dienone is 4. The first-order valence-electron chi connectivity index (χ1n) is 9.77. The van der Waals surface area contributed by atoms with E-state index in [1.165, 1.54) is 54.3 Å². The van der Waals surface area contributed by atoms with Gasteiger partial charge in [-0.05, 0) is 54.6 Å². The second-order valence-electron chi connectivity index (χ2n) is 6.83. The number of rotatable bonds is 6. The Morgan fingerprint density at radius 1 is 0.576 bits per heavy atom. The van der Waals surface area contributed by atoms with E-state index < -0.39 is 20.0 Å². The van der Waals surface area contributed by atoms with E-state index in [2.05, 4.69) is 8.80 Å². The SMILES string of the molecule is O=S(=O)(/N=C1C=C/C(=N\S(=O)(=O)c2ccccc2)C(Sc2ccccc2)=C\1)c1ccccc1. The molecule has 3 aromatic carbocycles. The van der Waals surface area contributed by atoms with E-state index in [-0.39, 0.29) is 21.2 Å². The molecular formula is C24H18N2O4S3. The average Bonchev–Trinajstić information content (AvgIpc) is 2.82. The first kappa shape index (κ1) is 22.9. The van der Waals surface area contributed by atoms with E-state index in [9.17, 15) is 16.8 Å². The molecule has 4 rings (SSSR count). The van der Waals surface area contributed by atoms with Gasteiger partial charge in [0.15, 0.2) is 0 Å². The second-order valence-corrected chi connectivity index (χ2v) is 11.1. The smallest absolute Gasteiger partial charge is 0.199 e. The Morgan fingerprint density at radius 2 is 1.06 bits per heavy atom. The molecule has 33 heavy (non-hydrogen) atoms. The van der Waals surface area contributed by atoms with E-state index >= 15 is 0 Å². The average molecular weight is 495 g/mol. The van der Waals surface area contributed by atoms with Crippen molar-refractivity contribution in [3.05, 3.63) is 114 Å². The van der Waals surface area contributed by atoms with Gasteiger partial charge in [0, 0.05) is 9.80 Å². The van der Waals surface area contributed by atoms with Crippen LogP contribution in [0.5, 0.6) is 0 Å². The maximum absolute atomic E-state index is 12.8. The van der Waals surface area contributed by atoms with Crippen molar-refractivity contribution < 1.29 is 16.8 Å². The van der Waals surface area contributed by atoms with Crippen LogP contribution < -0.4 is 0 Å². The molecule has 0 bridgehead atoms. The molecule has 6 nitrogen and oxygen atoms in total. The lowest BCUT2D eigenvalue weighted by molar-refractivity contribution is 0.596. The molecule has 166 valence electrons. The summed E-state index contributed by atoms with van der Waals surface area (Å²) in [6.45, 7) is 0. The van der Waals surface area contributed by atoms with E-state index in [1.54, 1.807) is 36.4 Å². The molecule has 0 saturated heterocycles. The molecule has 9 heteroatoms. The number of benzene rings is 3. The van der Waals surface area contributed by atoms with Crippen molar-refractivity contribution >= 4 is 43.2 Å². The summed E-state index contributed by atoms with van der Waals surface area (Å²) in [7, 11) is -7.88. The molecule has 0 spiro atoms. The predicted octanol–water partition coefficient (Wildman–Crippen LogP) is 4.89. The molecule has 0 atom stereocenters. The lowest BCUT2D eigenvalue weighted by atomic mass is 10.1. The quantitative estimate of drug-likeness (QED) is 0.455. The van der Waals surface area contributed by atoms with Crippen LogP contribution >= 0.6 is 11.8 Å². The van der Waals surface area contributed by atoms with Crippen molar-refractivity contribution in [2.24, 2.45) is 8.80 Å². The van der Waals surface area contributed by atoms with Gasteiger partial charge in [0.25, 0.3) is 20.0 Å². The Balaban J connectivity index is 1.76. The molecule has 3 aromatic rings. The summed E-state index contributed by atoms with van der Waals surface area (Å²) < 4.78 is 58.9. The van der Waals surface area contributed by atoms with Gasteiger partial charge in [0.2, 0.25) is 0 Å². The summed E-state index contributed by atoms with van der Waals surface area (Å²) in [6.07, 6.45) is 4.43. The van der Waals surface area contributed by atoms with Crippen LogP contribution in [0.25, 0.3) is 0 Å². The number of nitrogens with zero attached hydrogens (tertiary/aromatic N) is 2. The highest BCUT2D eigenvalue weighted by molar-refractivity contribution is 8.04. The second kappa shape index (κ2) is 9.70. The van der Waals surface area contributed by atoms with Gasteiger partial charge in [0.05, 0.1) is 21.2 Å². The topological polar surface area (TPSA) is 93.0 Å². The molecule has 0 heterocycles. The number of hydrogen-bond acceptors (Lipinski definition) is 5. The molecule has 0 unspecified atom stereocenters. The predicted molar refractivity (Wildman–Crippen MR) is 132 cm³/mol. The molecule has 0 N–H and O–H groups in total. The summed E-state index contributed by atoms with van der Waals surface area (Å²) in [4.78, 5) is 1.45. The van der Waals surface area contributed by atoms with Crippen LogP contribution in [0.3, 0.4) is 0 Å². The number of thioether (sulfide) groups is 1. The molecule has 0 radical (unpaired) electrons. The lowest BCUT2D eigenvalue weighted by Gasteiger charge is -2.12.